The molecule has 1 aliphatic rings. The number of rotatable bonds is 1. The smallest absolute Gasteiger partial charge is 0.231 e. The van der Waals surface area contributed by atoms with Gasteiger partial charge in [-0.3, -0.25) is 4.79 Å². The van der Waals surface area contributed by atoms with E-state index in [-0.39, 0.29) is 11.9 Å². The van der Waals surface area contributed by atoms with Gasteiger partial charge in [-0.2, -0.15) is 0 Å². The van der Waals surface area contributed by atoms with Crippen molar-refractivity contribution in [2.45, 2.75) is 6.92 Å². The molecule has 0 radical (unpaired) electrons. The molecule has 0 saturated heterocycles. The highest BCUT2D eigenvalue weighted by molar-refractivity contribution is 8.13. The van der Waals surface area contributed by atoms with E-state index >= 15 is 0 Å². The third-order valence-corrected chi connectivity index (χ3v) is 3.04. The van der Waals surface area contributed by atoms with Crippen LogP contribution in [0.3, 0.4) is 0 Å². The molecule has 0 amide bonds. The van der Waals surface area contributed by atoms with Crippen LogP contribution in [-0.2, 0) is 4.79 Å². The molecule has 0 bridgehead atoms. The monoisotopic (exact) mass is 268 g/mol. The molecule has 17 heavy (non-hydrogen) atoms. The molecule has 1 aromatic carbocycles. The van der Waals surface area contributed by atoms with E-state index in [1.807, 2.05) is 0 Å². The predicted octanol–water partition coefficient (Wildman–Crippen LogP) is 2.70. The fourth-order valence-corrected chi connectivity index (χ4v) is 1.83. The summed E-state index contributed by atoms with van der Waals surface area (Å²) >= 11 is 7.21. The Kier molecular flexibility index (Phi) is 3.82. The van der Waals surface area contributed by atoms with Gasteiger partial charge < -0.3 is 9.47 Å². The zero-order chi connectivity index (χ0) is 12.3. The van der Waals surface area contributed by atoms with E-state index in [1.54, 1.807) is 12.1 Å². The maximum atomic E-state index is 10.7. The van der Waals surface area contributed by atoms with Crippen LogP contribution in [-0.4, -0.2) is 17.7 Å². The van der Waals surface area contributed by atoms with Crippen LogP contribution in [0.2, 0.25) is 5.02 Å². The van der Waals surface area contributed by atoms with E-state index in [1.165, 1.54) is 18.7 Å². The summed E-state index contributed by atoms with van der Waals surface area (Å²) in [4.78, 5) is 10.7. The van der Waals surface area contributed by atoms with E-state index < -0.39 is 0 Å². The summed E-state index contributed by atoms with van der Waals surface area (Å²) in [5.41, 5.74) is 0.681. The second kappa shape index (κ2) is 5.35. The molecule has 0 N–H and O–H groups in total. The van der Waals surface area contributed by atoms with Crippen molar-refractivity contribution >= 4 is 28.5 Å². The summed E-state index contributed by atoms with van der Waals surface area (Å²) in [6, 6.07) is 3.43. The Morgan fingerprint density at radius 1 is 1.47 bits per heavy atom. The number of thioether (sulfide) groups is 1. The van der Waals surface area contributed by atoms with Gasteiger partial charge in [0.15, 0.2) is 16.6 Å². The van der Waals surface area contributed by atoms with Crippen LogP contribution in [0.1, 0.15) is 12.5 Å². The lowest BCUT2D eigenvalue weighted by Gasteiger charge is -1.99. The Morgan fingerprint density at radius 2 is 2.18 bits per heavy atom. The van der Waals surface area contributed by atoms with Crippen molar-refractivity contribution in [3.05, 3.63) is 22.7 Å². The van der Waals surface area contributed by atoms with Gasteiger partial charge in [0.25, 0.3) is 0 Å². The molecule has 5 heteroatoms. The summed E-state index contributed by atoms with van der Waals surface area (Å²) in [7, 11) is 0. The lowest BCUT2D eigenvalue weighted by atomic mass is 10.2. The normalized spacial score (nSPS) is 11.9. The largest absolute Gasteiger partial charge is 0.454 e. The van der Waals surface area contributed by atoms with E-state index in [0.29, 0.717) is 27.8 Å². The Balaban J connectivity index is 2.13. The summed E-state index contributed by atoms with van der Waals surface area (Å²) < 4.78 is 10.4. The molecule has 1 aliphatic heterocycles. The molecule has 1 aromatic rings. The number of fused-ring (bicyclic) bond motifs is 1. The number of carbonyl (C=O) groups excluding carboxylic acids is 1. The maximum absolute atomic E-state index is 10.7. The van der Waals surface area contributed by atoms with Crippen LogP contribution in [0.4, 0.5) is 0 Å². The zero-order valence-electron chi connectivity index (χ0n) is 9.08. The van der Waals surface area contributed by atoms with Crippen LogP contribution in [0, 0.1) is 11.8 Å². The Morgan fingerprint density at radius 3 is 2.88 bits per heavy atom. The van der Waals surface area contributed by atoms with Gasteiger partial charge in [-0.25, -0.2) is 0 Å². The predicted molar refractivity (Wildman–Crippen MR) is 67.6 cm³/mol. The zero-order valence-corrected chi connectivity index (χ0v) is 10.7. The third-order valence-electron chi connectivity index (χ3n) is 2.03. The van der Waals surface area contributed by atoms with Crippen molar-refractivity contribution in [1.29, 1.82) is 0 Å². The van der Waals surface area contributed by atoms with Crippen LogP contribution in [0.5, 0.6) is 11.5 Å². The second-order valence-electron chi connectivity index (χ2n) is 3.27. The molecule has 0 fully saturated rings. The Labute approximate surface area is 108 Å². The second-order valence-corrected chi connectivity index (χ2v) is 4.83. The minimum atomic E-state index is 0.0519. The topological polar surface area (TPSA) is 35.5 Å². The first-order valence-electron chi connectivity index (χ1n) is 4.88. The number of hydrogen-bond donors (Lipinski definition) is 0. The quantitative estimate of drug-likeness (QED) is 0.734. The number of hydrogen-bond acceptors (Lipinski definition) is 4. The first-order valence-corrected chi connectivity index (χ1v) is 6.24. The molecule has 0 unspecified atom stereocenters. The fraction of sp³-hybridized carbons (Fsp3) is 0.250. The van der Waals surface area contributed by atoms with E-state index in [9.17, 15) is 4.79 Å². The van der Waals surface area contributed by atoms with Gasteiger partial charge in [0, 0.05) is 24.6 Å². The molecule has 0 spiro atoms. The molecule has 2 rings (SSSR count). The molecule has 3 nitrogen and oxygen atoms in total. The van der Waals surface area contributed by atoms with Crippen molar-refractivity contribution in [1.82, 2.24) is 0 Å². The van der Waals surface area contributed by atoms with Crippen LogP contribution >= 0.6 is 23.4 Å². The summed E-state index contributed by atoms with van der Waals surface area (Å²) in [6.07, 6.45) is 0. The van der Waals surface area contributed by atoms with Gasteiger partial charge in [0.05, 0.1) is 10.8 Å². The molecule has 0 aromatic heterocycles. The van der Waals surface area contributed by atoms with Crippen molar-refractivity contribution in [3.63, 3.8) is 0 Å². The van der Waals surface area contributed by atoms with Gasteiger partial charge in [-0.05, 0) is 0 Å². The van der Waals surface area contributed by atoms with Gasteiger partial charge in [-0.1, -0.05) is 35.2 Å². The van der Waals surface area contributed by atoms with E-state index in [2.05, 4.69) is 11.8 Å². The van der Waals surface area contributed by atoms with E-state index in [0.717, 1.165) is 0 Å². The van der Waals surface area contributed by atoms with Gasteiger partial charge in [0.2, 0.25) is 6.79 Å². The van der Waals surface area contributed by atoms with Crippen molar-refractivity contribution in [2.75, 3.05) is 12.5 Å². The molecule has 0 aliphatic carbocycles. The van der Waals surface area contributed by atoms with Crippen molar-refractivity contribution in [2.24, 2.45) is 0 Å². The Bertz CT molecular complexity index is 516. The molecule has 1 heterocycles. The van der Waals surface area contributed by atoms with Gasteiger partial charge in [-0.15, -0.1) is 0 Å². The van der Waals surface area contributed by atoms with Crippen molar-refractivity contribution < 1.29 is 14.3 Å². The number of carbonyl (C=O) groups is 1. The minimum Gasteiger partial charge on any atom is -0.454 e. The summed E-state index contributed by atoms with van der Waals surface area (Å²) in [5.74, 6) is 7.53. The lowest BCUT2D eigenvalue weighted by Crippen LogP contribution is -1.92. The minimum absolute atomic E-state index is 0.0519. The van der Waals surface area contributed by atoms with Gasteiger partial charge >= 0.3 is 0 Å². The average molecular weight is 269 g/mol. The summed E-state index contributed by atoms with van der Waals surface area (Å²) in [6.45, 7) is 1.72. The maximum Gasteiger partial charge on any atom is 0.231 e. The standard InChI is InChI=1S/C12H9ClO3S/c1-8(14)17-4-2-3-9-5-11-12(6-10(9)13)16-7-15-11/h5-6H,4,7H2,1H3. The van der Waals surface area contributed by atoms with Crippen LogP contribution in [0.15, 0.2) is 12.1 Å². The highest BCUT2D eigenvalue weighted by Gasteiger charge is 2.15. The fourth-order valence-electron chi connectivity index (χ4n) is 1.28. The number of benzene rings is 1. The van der Waals surface area contributed by atoms with Crippen LogP contribution in [0.25, 0.3) is 0 Å². The number of halogens is 1. The lowest BCUT2D eigenvalue weighted by molar-refractivity contribution is -0.109. The first-order chi connectivity index (χ1) is 8.16. The average Bonchev–Trinajstić information content (AvgIpc) is 2.71. The highest BCUT2D eigenvalue weighted by atomic mass is 35.5. The van der Waals surface area contributed by atoms with Crippen LogP contribution < -0.4 is 9.47 Å². The molecule has 0 atom stereocenters. The summed E-state index contributed by atoms with van der Waals surface area (Å²) in [5, 5.41) is 0.575. The van der Waals surface area contributed by atoms with Crippen molar-refractivity contribution in [3.8, 4) is 23.3 Å². The molecule has 0 saturated carbocycles. The van der Waals surface area contributed by atoms with E-state index in [4.69, 9.17) is 21.1 Å². The van der Waals surface area contributed by atoms with Gasteiger partial charge in [0.1, 0.15) is 0 Å². The molecular formula is C12H9ClO3S. The highest BCUT2D eigenvalue weighted by Crippen LogP contribution is 2.36. The number of ether oxygens (including phenoxy) is 2. The molecular weight excluding hydrogens is 260 g/mol. The third kappa shape index (κ3) is 3.09. The first kappa shape index (κ1) is 12.2. The molecule has 88 valence electrons. The Hall–Kier alpha value is -1.31. The SMILES string of the molecule is CC(=O)SCC#Cc1cc2c(cc1Cl)OCO2.